The number of anilines is 2. The van der Waals surface area contributed by atoms with Crippen molar-refractivity contribution in [3.63, 3.8) is 0 Å². The van der Waals surface area contributed by atoms with Crippen LogP contribution in [0.2, 0.25) is 0 Å². The smallest absolute Gasteiger partial charge is 0.410 e. The van der Waals surface area contributed by atoms with Crippen molar-refractivity contribution < 1.29 is 14.3 Å². The average Bonchev–Trinajstić information content (AvgIpc) is 3.52. The molecule has 11 heteroatoms. The van der Waals surface area contributed by atoms with E-state index in [-0.39, 0.29) is 24.6 Å². The molecule has 3 heterocycles. The molecule has 1 aliphatic rings. The largest absolute Gasteiger partial charge is 0.445 e. The summed E-state index contributed by atoms with van der Waals surface area (Å²) in [6.45, 7) is 5.25. The van der Waals surface area contributed by atoms with E-state index in [0.29, 0.717) is 31.0 Å². The first kappa shape index (κ1) is 29.3. The van der Waals surface area contributed by atoms with E-state index in [4.69, 9.17) is 15.0 Å². The normalized spacial score (nSPS) is 14.0. The number of piperidine rings is 1. The molecule has 1 aliphatic heterocycles. The second-order valence-corrected chi connectivity index (χ2v) is 10.5. The second-order valence-electron chi connectivity index (χ2n) is 10.5. The van der Waals surface area contributed by atoms with Crippen LogP contribution in [0.25, 0.3) is 11.3 Å². The number of nitrogens with zero attached hydrogens (tertiary/aromatic N) is 6. The number of amides is 2. The molecule has 1 unspecified atom stereocenters. The Kier molecular flexibility index (Phi) is 9.26. The van der Waals surface area contributed by atoms with Gasteiger partial charge in [-0.1, -0.05) is 49.4 Å². The Morgan fingerprint density at radius 2 is 1.84 bits per heavy atom. The van der Waals surface area contributed by atoms with E-state index in [1.165, 1.54) is 0 Å². The summed E-state index contributed by atoms with van der Waals surface area (Å²) in [5, 5.41) is 19.6. The van der Waals surface area contributed by atoms with E-state index in [0.717, 1.165) is 40.9 Å². The maximum absolute atomic E-state index is 12.5. The van der Waals surface area contributed by atoms with Crippen molar-refractivity contribution >= 4 is 23.6 Å². The van der Waals surface area contributed by atoms with Gasteiger partial charge in [0.05, 0.1) is 29.7 Å². The number of hydrogen-bond donors (Lipinski definition) is 2. The van der Waals surface area contributed by atoms with Crippen LogP contribution < -0.4 is 10.6 Å². The molecule has 2 N–H and O–H groups in total. The molecule has 0 spiro atoms. The lowest BCUT2D eigenvalue weighted by Gasteiger charge is -2.31. The molecule has 1 fully saturated rings. The SMILES string of the molecule is CCC(C#N)NC(=O)c1ccc(-c2nc(Nc3cnn(C4CCN(C(=O)OCc5ccccc5)CC4)c3)ncc2C)cc1. The Morgan fingerprint density at radius 1 is 1.09 bits per heavy atom. The zero-order valence-electron chi connectivity index (χ0n) is 24.2. The maximum atomic E-state index is 12.5. The molecular weight excluding hydrogens is 544 g/mol. The summed E-state index contributed by atoms with van der Waals surface area (Å²) >= 11 is 0. The Balaban J connectivity index is 1.16. The molecule has 0 saturated carbocycles. The molecule has 11 nitrogen and oxygen atoms in total. The summed E-state index contributed by atoms with van der Waals surface area (Å²) in [5.41, 5.74) is 4.68. The van der Waals surface area contributed by atoms with Crippen LogP contribution in [-0.4, -0.2) is 55.8 Å². The molecular formula is C32H34N8O3. The molecule has 5 rings (SSSR count). The van der Waals surface area contributed by atoms with E-state index in [1.54, 1.807) is 29.4 Å². The molecule has 0 radical (unpaired) electrons. The maximum Gasteiger partial charge on any atom is 0.410 e. The molecule has 2 amide bonds. The van der Waals surface area contributed by atoms with E-state index in [2.05, 4.69) is 26.8 Å². The van der Waals surface area contributed by atoms with Crippen molar-refractivity contribution in [1.82, 2.24) is 30.0 Å². The lowest BCUT2D eigenvalue weighted by molar-refractivity contribution is 0.0821. The molecule has 1 saturated heterocycles. The summed E-state index contributed by atoms with van der Waals surface area (Å²) in [5.74, 6) is 0.144. The minimum atomic E-state index is -0.518. The lowest BCUT2D eigenvalue weighted by atomic mass is 10.1. The van der Waals surface area contributed by atoms with Gasteiger partial charge in [-0.2, -0.15) is 10.4 Å². The third-order valence-corrected chi connectivity index (χ3v) is 7.42. The number of aryl methyl sites for hydroxylation is 1. The summed E-state index contributed by atoms with van der Waals surface area (Å²) in [6.07, 6.45) is 7.21. The van der Waals surface area contributed by atoms with Crippen LogP contribution in [0.15, 0.2) is 73.2 Å². The van der Waals surface area contributed by atoms with Gasteiger partial charge in [0, 0.05) is 36.6 Å². The fraction of sp³-hybridized carbons (Fsp3) is 0.312. The van der Waals surface area contributed by atoms with Crippen molar-refractivity contribution in [2.75, 3.05) is 18.4 Å². The van der Waals surface area contributed by atoms with E-state index >= 15 is 0 Å². The van der Waals surface area contributed by atoms with Crippen LogP contribution in [0.3, 0.4) is 0 Å². The van der Waals surface area contributed by atoms with E-state index in [9.17, 15) is 9.59 Å². The number of benzene rings is 2. The van der Waals surface area contributed by atoms with Gasteiger partial charge >= 0.3 is 6.09 Å². The number of carbonyl (C=O) groups excluding carboxylic acids is 2. The van der Waals surface area contributed by atoms with Gasteiger partial charge in [0.15, 0.2) is 0 Å². The standard InChI is InChI=1S/C32H34N8O3/c1-3-26(17-33)36-30(41)25-11-9-24(10-12-25)29-22(2)18-34-31(38-29)37-27-19-35-40(20-27)28-13-15-39(16-14-28)32(42)43-21-23-7-5-4-6-8-23/h4-12,18-20,26,28H,3,13-16,21H2,1-2H3,(H,36,41)(H,34,37,38). The quantitative estimate of drug-likeness (QED) is 0.269. The van der Waals surface area contributed by atoms with Crippen LogP contribution in [0.4, 0.5) is 16.4 Å². The van der Waals surface area contributed by atoms with Gasteiger partial charge in [0.1, 0.15) is 12.6 Å². The number of nitrogens with one attached hydrogen (secondary N) is 2. The van der Waals surface area contributed by atoms with Crippen LogP contribution >= 0.6 is 0 Å². The topological polar surface area (TPSA) is 138 Å². The Bertz CT molecular complexity index is 1590. The highest BCUT2D eigenvalue weighted by molar-refractivity contribution is 5.95. The third kappa shape index (κ3) is 7.35. The van der Waals surface area contributed by atoms with Crippen molar-refractivity contribution in [1.29, 1.82) is 5.26 Å². The second kappa shape index (κ2) is 13.6. The van der Waals surface area contributed by atoms with E-state index < -0.39 is 6.04 Å². The summed E-state index contributed by atoms with van der Waals surface area (Å²) in [6, 6.07) is 18.5. The highest BCUT2D eigenvalue weighted by Gasteiger charge is 2.25. The van der Waals surface area contributed by atoms with Gasteiger partial charge in [-0.15, -0.1) is 0 Å². The molecule has 43 heavy (non-hydrogen) atoms. The van der Waals surface area contributed by atoms with E-state index in [1.807, 2.05) is 67.2 Å². The number of ether oxygens (including phenoxy) is 1. The zero-order chi connectivity index (χ0) is 30.2. The molecule has 220 valence electrons. The lowest BCUT2D eigenvalue weighted by Crippen LogP contribution is -2.39. The van der Waals surface area contributed by atoms with Crippen molar-refractivity contribution in [3.8, 4) is 17.3 Å². The van der Waals surface area contributed by atoms with Gasteiger partial charge in [-0.3, -0.25) is 9.48 Å². The Labute approximate surface area is 250 Å². The summed E-state index contributed by atoms with van der Waals surface area (Å²) < 4.78 is 7.40. The van der Waals surface area contributed by atoms with Crippen LogP contribution in [-0.2, 0) is 11.3 Å². The molecule has 0 aliphatic carbocycles. The number of nitriles is 1. The first-order valence-electron chi connectivity index (χ1n) is 14.3. The van der Waals surface area contributed by atoms with Gasteiger partial charge in [-0.05, 0) is 49.4 Å². The predicted octanol–water partition coefficient (Wildman–Crippen LogP) is 5.40. The highest BCUT2D eigenvalue weighted by Crippen LogP contribution is 2.26. The Hall–Kier alpha value is -5.24. The zero-order valence-corrected chi connectivity index (χ0v) is 24.2. The number of rotatable bonds is 9. The average molecular weight is 579 g/mol. The molecule has 1 atom stereocenters. The van der Waals surface area contributed by atoms with Crippen LogP contribution in [0.1, 0.15) is 53.7 Å². The van der Waals surface area contributed by atoms with Gasteiger partial charge < -0.3 is 20.3 Å². The van der Waals surface area contributed by atoms with Gasteiger partial charge in [0.2, 0.25) is 5.95 Å². The monoisotopic (exact) mass is 578 g/mol. The fourth-order valence-electron chi connectivity index (χ4n) is 4.90. The first-order chi connectivity index (χ1) is 20.9. The number of carbonyl (C=O) groups is 2. The van der Waals surface area contributed by atoms with Crippen LogP contribution in [0, 0.1) is 18.3 Å². The molecule has 4 aromatic rings. The summed E-state index contributed by atoms with van der Waals surface area (Å²) in [7, 11) is 0. The number of likely N-dealkylation sites (tertiary alicyclic amines) is 1. The molecule has 0 bridgehead atoms. The molecule has 2 aromatic carbocycles. The minimum Gasteiger partial charge on any atom is -0.445 e. The third-order valence-electron chi connectivity index (χ3n) is 7.42. The Morgan fingerprint density at radius 3 is 2.53 bits per heavy atom. The first-order valence-corrected chi connectivity index (χ1v) is 14.3. The molecule has 2 aromatic heterocycles. The number of aromatic nitrogens is 4. The highest BCUT2D eigenvalue weighted by atomic mass is 16.6. The minimum absolute atomic E-state index is 0.166. The van der Waals surface area contributed by atoms with Gasteiger partial charge in [0.25, 0.3) is 5.91 Å². The van der Waals surface area contributed by atoms with Gasteiger partial charge in [-0.25, -0.2) is 14.8 Å². The summed E-state index contributed by atoms with van der Waals surface area (Å²) in [4.78, 5) is 35.9. The predicted molar refractivity (Wildman–Crippen MR) is 161 cm³/mol. The fourth-order valence-corrected chi connectivity index (χ4v) is 4.90. The van der Waals surface area contributed by atoms with Crippen LogP contribution in [0.5, 0.6) is 0 Å². The van der Waals surface area contributed by atoms with Crippen molar-refractivity contribution in [2.24, 2.45) is 0 Å². The van der Waals surface area contributed by atoms with Crippen molar-refractivity contribution in [3.05, 3.63) is 89.9 Å². The van der Waals surface area contributed by atoms with Crippen molar-refractivity contribution in [2.45, 2.75) is 51.8 Å². The number of hydrogen-bond acceptors (Lipinski definition) is 8.